The van der Waals surface area contributed by atoms with Crippen LogP contribution in [0.15, 0.2) is 41.6 Å². The standard InChI is InChI=1S/C10H9NO3S/c12-11(13)6-10-14-9(7-15-10)8-4-2-1-3-5-8/h1-6,9H,7H2/b10-6-. The van der Waals surface area contributed by atoms with Gasteiger partial charge >= 0.3 is 0 Å². The van der Waals surface area contributed by atoms with Gasteiger partial charge in [-0.2, -0.15) is 0 Å². The Labute approximate surface area is 91.1 Å². The minimum absolute atomic E-state index is 0.0672. The van der Waals surface area contributed by atoms with Crippen LogP contribution in [0.3, 0.4) is 0 Å². The van der Waals surface area contributed by atoms with Crippen molar-refractivity contribution in [1.29, 1.82) is 0 Å². The normalized spacial score (nSPS) is 22.7. The van der Waals surface area contributed by atoms with Gasteiger partial charge in [-0.15, -0.1) is 0 Å². The number of hydrogen-bond acceptors (Lipinski definition) is 4. The van der Waals surface area contributed by atoms with E-state index in [1.807, 2.05) is 30.3 Å². The van der Waals surface area contributed by atoms with Crippen LogP contribution in [0.25, 0.3) is 0 Å². The SMILES string of the molecule is O=[N+]([O-])/C=C1/OC(c2ccccc2)CS1. The first-order valence-electron chi connectivity index (χ1n) is 4.45. The third-order valence-corrected chi connectivity index (χ3v) is 2.97. The summed E-state index contributed by atoms with van der Waals surface area (Å²) in [6, 6.07) is 9.71. The molecule has 0 amide bonds. The van der Waals surface area contributed by atoms with Gasteiger partial charge in [0.1, 0.15) is 6.10 Å². The van der Waals surface area contributed by atoms with E-state index in [1.165, 1.54) is 11.8 Å². The van der Waals surface area contributed by atoms with Crippen molar-refractivity contribution in [1.82, 2.24) is 0 Å². The summed E-state index contributed by atoms with van der Waals surface area (Å²) in [5.41, 5.74) is 1.05. The first kappa shape index (κ1) is 10.0. The van der Waals surface area contributed by atoms with Gasteiger partial charge in [-0.05, 0) is 5.56 Å². The van der Waals surface area contributed by atoms with Gasteiger partial charge < -0.3 is 4.74 Å². The van der Waals surface area contributed by atoms with Crippen LogP contribution in [0, 0.1) is 10.1 Å². The van der Waals surface area contributed by atoms with Crippen molar-refractivity contribution in [2.24, 2.45) is 0 Å². The molecule has 1 aromatic rings. The molecule has 0 radical (unpaired) electrons. The van der Waals surface area contributed by atoms with Gasteiger partial charge in [0.15, 0.2) is 0 Å². The summed E-state index contributed by atoms with van der Waals surface area (Å²) in [4.78, 5) is 9.74. The highest BCUT2D eigenvalue weighted by molar-refractivity contribution is 8.03. The molecular formula is C10H9NO3S. The Bertz CT molecular complexity index is 391. The lowest BCUT2D eigenvalue weighted by atomic mass is 10.1. The lowest BCUT2D eigenvalue weighted by Gasteiger charge is -2.08. The second kappa shape index (κ2) is 4.35. The van der Waals surface area contributed by atoms with Gasteiger partial charge in [-0.3, -0.25) is 10.1 Å². The number of hydrogen-bond donors (Lipinski definition) is 0. The van der Waals surface area contributed by atoms with Crippen LogP contribution < -0.4 is 0 Å². The van der Waals surface area contributed by atoms with E-state index in [0.717, 1.165) is 17.5 Å². The van der Waals surface area contributed by atoms with Crippen LogP contribution in [-0.2, 0) is 4.74 Å². The number of ether oxygens (including phenoxy) is 1. The fourth-order valence-electron chi connectivity index (χ4n) is 1.35. The zero-order chi connectivity index (χ0) is 10.7. The van der Waals surface area contributed by atoms with Crippen molar-refractivity contribution in [3.8, 4) is 0 Å². The molecule has 1 heterocycles. The molecule has 1 fully saturated rings. The predicted octanol–water partition coefficient (Wildman–Crippen LogP) is 2.57. The number of rotatable bonds is 2. The molecule has 1 unspecified atom stereocenters. The van der Waals surface area contributed by atoms with Crippen molar-refractivity contribution >= 4 is 11.8 Å². The summed E-state index contributed by atoms with van der Waals surface area (Å²) in [6.07, 6.45) is 0.843. The van der Waals surface area contributed by atoms with Gasteiger partial charge in [0, 0.05) is 5.75 Å². The van der Waals surface area contributed by atoms with Crippen LogP contribution in [0.1, 0.15) is 11.7 Å². The maximum atomic E-state index is 10.2. The fourth-order valence-corrected chi connectivity index (χ4v) is 2.27. The highest BCUT2D eigenvalue weighted by atomic mass is 32.2. The molecule has 4 nitrogen and oxygen atoms in total. The smallest absolute Gasteiger partial charge is 0.282 e. The molecule has 1 aliphatic heterocycles. The minimum Gasteiger partial charge on any atom is -0.473 e. The predicted molar refractivity (Wildman–Crippen MR) is 57.8 cm³/mol. The molecule has 0 aliphatic carbocycles. The van der Waals surface area contributed by atoms with E-state index < -0.39 is 4.92 Å². The van der Waals surface area contributed by atoms with Gasteiger partial charge in [0.05, 0.1) is 4.92 Å². The molecule has 1 atom stereocenters. The summed E-state index contributed by atoms with van der Waals surface area (Å²) < 4.78 is 5.44. The average Bonchev–Trinajstić information content (AvgIpc) is 2.67. The Hall–Kier alpha value is -1.49. The van der Waals surface area contributed by atoms with Crippen molar-refractivity contribution in [2.45, 2.75) is 6.10 Å². The molecule has 1 saturated heterocycles. The molecule has 0 bridgehead atoms. The Morgan fingerprint density at radius 2 is 2.20 bits per heavy atom. The number of nitro groups is 1. The molecule has 1 aliphatic rings. The molecule has 0 saturated carbocycles. The van der Waals surface area contributed by atoms with E-state index in [1.54, 1.807) is 0 Å². The molecule has 15 heavy (non-hydrogen) atoms. The first-order valence-corrected chi connectivity index (χ1v) is 5.44. The summed E-state index contributed by atoms with van der Waals surface area (Å²) in [5, 5.41) is 10.6. The maximum Gasteiger partial charge on any atom is 0.282 e. The van der Waals surface area contributed by atoms with E-state index in [0.29, 0.717) is 5.09 Å². The number of nitrogens with zero attached hydrogens (tertiary/aromatic N) is 1. The highest BCUT2D eigenvalue weighted by Gasteiger charge is 2.24. The Balaban J connectivity index is 2.08. The number of thioether (sulfide) groups is 1. The maximum absolute atomic E-state index is 10.2. The lowest BCUT2D eigenvalue weighted by Crippen LogP contribution is -1.98. The average molecular weight is 223 g/mol. The first-order chi connectivity index (χ1) is 7.25. The zero-order valence-corrected chi connectivity index (χ0v) is 8.65. The van der Waals surface area contributed by atoms with Crippen LogP contribution >= 0.6 is 11.8 Å². The van der Waals surface area contributed by atoms with E-state index in [-0.39, 0.29) is 6.10 Å². The second-order valence-electron chi connectivity index (χ2n) is 3.06. The molecule has 78 valence electrons. The minimum atomic E-state index is -0.490. The van der Waals surface area contributed by atoms with Gasteiger partial charge in [0.25, 0.3) is 6.20 Å². The van der Waals surface area contributed by atoms with Crippen LogP contribution in [0.5, 0.6) is 0 Å². The molecule has 0 spiro atoms. The van der Waals surface area contributed by atoms with E-state index >= 15 is 0 Å². The molecule has 0 N–H and O–H groups in total. The zero-order valence-electron chi connectivity index (χ0n) is 7.83. The second-order valence-corrected chi connectivity index (χ2v) is 4.09. The summed E-state index contributed by atoms with van der Waals surface area (Å²) >= 11 is 1.37. The van der Waals surface area contributed by atoms with E-state index in [4.69, 9.17) is 4.74 Å². The van der Waals surface area contributed by atoms with Gasteiger partial charge in [-0.25, -0.2) is 0 Å². The van der Waals surface area contributed by atoms with E-state index in [9.17, 15) is 10.1 Å². The van der Waals surface area contributed by atoms with Crippen molar-refractivity contribution in [2.75, 3.05) is 5.75 Å². The molecule has 5 heteroatoms. The summed E-state index contributed by atoms with van der Waals surface area (Å²) in [6.45, 7) is 0. The van der Waals surface area contributed by atoms with Crippen molar-refractivity contribution in [3.05, 3.63) is 57.3 Å². The molecular weight excluding hydrogens is 214 g/mol. The molecule has 2 rings (SSSR count). The van der Waals surface area contributed by atoms with Crippen molar-refractivity contribution < 1.29 is 9.66 Å². The Morgan fingerprint density at radius 1 is 1.47 bits per heavy atom. The van der Waals surface area contributed by atoms with Crippen molar-refractivity contribution in [3.63, 3.8) is 0 Å². The monoisotopic (exact) mass is 223 g/mol. The lowest BCUT2D eigenvalue weighted by molar-refractivity contribution is -0.404. The summed E-state index contributed by atoms with van der Waals surface area (Å²) in [7, 11) is 0. The Morgan fingerprint density at radius 3 is 2.87 bits per heavy atom. The molecule has 1 aromatic carbocycles. The molecule has 0 aromatic heterocycles. The fraction of sp³-hybridized carbons (Fsp3) is 0.200. The topological polar surface area (TPSA) is 52.4 Å². The van der Waals surface area contributed by atoms with Gasteiger partial charge in [0.2, 0.25) is 5.09 Å². The third kappa shape index (κ3) is 2.50. The quantitative estimate of drug-likeness (QED) is 0.571. The van der Waals surface area contributed by atoms with Crippen LogP contribution in [0.2, 0.25) is 0 Å². The van der Waals surface area contributed by atoms with Crippen LogP contribution in [-0.4, -0.2) is 10.7 Å². The summed E-state index contributed by atoms with van der Waals surface area (Å²) in [5.74, 6) is 0.726. The van der Waals surface area contributed by atoms with E-state index in [2.05, 4.69) is 0 Å². The third-order valence-electron chi connectivity index (χ3n) is 2.02. The van der Waals surface area contributed by atoms with Crippen LogP contribution in [0.4, 0.5) is 0 Å². The number of benzene rings is 1. The Kier molecular flexibility index (Phi) is 2.91. The largest absolute Gasteiger partial charge is 0.473 e. The van der Waals surface area contributed by atoms with Gasteiger partial charge in [-0.1, -0.05) is 42.1 Å². The highest BCUT2D eigenvalue weighted by Crippen LogP contribution is 2.37.